The summed E-state index contributed by atoms with van der Waals surface area (Å²) in [6.45, 7) is 4.85. The Balaban J connectivity index is 1.50. The van der Waals surface area contributed by atoms with Crippen molar-refractivity contribution in [3.05, 3.63) is 40.8 Å². The van der Waals surface area contributed by atoms with Crippen LogP contribution >= 0.6 is 0 Å². The Morgan fingerprint density at radius 3 is 2.67 bits per heavy atom. The summed E-state index contributed by atoms with van der Waals surface area (Å²) < 4.78 is 5.18. The number of hydrogen-bond acceptors (Lipinski definition) is 3. The van der Waals surface area contributed by atoms with Gasteiger partial charge in [0.25, 0.3) is 0 Å². The maximum Gasteiger partial charge on any atom is 0.335 e. The summed E-state index contributed by atoms with van der Waals surface area (Å²) in [5.74, 6) is 2.20. The highest BCUT2D eigenvalue weighted by molar-refractivity contribution is 5.27. The lowest BCUT2D eigenvalue weighted by Gasteiger charge is -2.63. The molecule has 1 radical (unpaired) electrons. The summed E-state index contributed by atoms with van der Waals surface area (Å²) in [4.78, 5) is 11.4. The van der Waals surface area contributed by atoms with Gasteiger partial charge in [0.1, 0.15) is 0 Å². The van der Waals surface area contributed by atoms with Gasteiger partial charge in [-0.25, -0.2) is 4.79 Å². The van der Waals surface area contributed by atoms with E-state index < -0.39 is 5.60 Å². The van der Waals surface area contributed by atoms with Gasteiger partial charge >= 0.3 is 5.63 Å². The maximum absolute atomic E-state index is 12.2. The third-order valence-corrected chi connectivity index (χ3v) is 9.72. The van der Waals surface area contributed by atoms with Crippen LogP contribution in [0, 0.1) is 35.0 Å². The summed E-state index contributed by atoms with van der Waals surface area (Å²) >= 11 is 0. The molecule has 1 aromatic heterocycles. The lowest BCUT2D eigenvalue weighted by Crippen LogP contribution is -2.61. The van der Waals surface area contributed by atoms with Crippen molar-refractivity contribution >= 4 is 0 Å². The summed E-state index contributed by atoms with van der Waals surface area (Å²) in [7, 11) is 0. The van der Waals surface area contributed by atoms with Crippen LogP contribution in [0.1, 0.15) is 83.1 Å². The van der Waals surface area contributed by atoms with Gasteiger partial charge in [-0.05, 0) is 105 Å². The molecule has 1 N–H and O–H groups in total. The zero-order valence-electron chi connectivity index (χ0n) is 16.7. The Bertz CT molecular complexity index is 764. The molecule has 147 valence electrons. The highest BCUT2D eigenvalue weighted by Gasteiger charge is 2.67. The van der Waals surface area contributed by atoms with Crippen LogP contribution in [0.3, 0.4) is 0 Å². The van der Waals surface area contributed by atoms with Gasteiger partial charge < -0.3 is 9.52 Å². The molecule has 1 aromatic rings. The van der Waals surface area contributed by atoms with E-state index in [4.69, 9.17) is 4.42 Å². The Morgan fingerprint density at radius 1 is 1.04 bits per heavy atom. The van der Waals surface area contributed by atoms with Gasteiger partial charge in [0.2, 0.25) is 0 Å². The molecule has 4 aliphatic rings. The lowest BCUT2D eigenvalue weighted by atomic mass is 9.43. The minimum atomic E-state index is -0.578. The second kappa shape index (κ2) is 5.95. The van der Waals surface area contributed by atoms with Crippen LogP contribution in [0.15, 0.2) is 27.6 Å². The molecule has 3 heteroatoms. The van der Waals surface area contributed by atoms with Crippen LogP contribution in [-0.2, 0) is 0 Å². The Morgan fingerprint density at radius 2 is 1.89 bits per heavy atom. The second-order valence-corrected chi connectivity index (χ2v) is 10.4. The standard InChI is InChI=1S/C24H33O3/c1-22-12-4-3-5-17(22)7-8-20-19(22)10-13-23(2)18(11-14-24(20,23)26)16-6-9-21(25)27-15-16/h3,6,9,15,17-20,26H,4-5,7-8,10-14H2,1-2H3/t17-,18-,19+,20-,22+,23-,24+/m1/s1. The molecule has 5 rings (SSSR count). The van der Waals surface area contributed by atoms with E-state index in [0.29, 0.717) is 17.3 Å². The topological polar surface area (TPSA) is 50.4 Å². The average Bonchev–Trinajstić information content (AvgIpc) is 2.94. The van der Waals surface area contributed by atoms with Gasteiger partial charge in [-0.15, -0.1) is 0 Å². The zero-order chi connectivity index (χ0) is 18.9. The van der Waals surface area contributed by atoms with Crippen LogP contribution in [-0.4, -0.2) is 10.7 Å². The van der Waals surface area contributed by atoms with Crippen molar-refractivity contribution in [2.24, 2.45) is 28.6 Å². The highest BCUT2D eigenvalue weighted by Crippen LogP contribution is 2.70. The molecule has 27 heavy (non-hydrogen) atoms. The number of hydrogen-bond donors (Lipinski definition) is 1. The minimum Gasteiger partial charge on any atom is -0.431 e. The first-order valence-corrected chi connectivity index (χ1v) is 11.0. The summed E-state index contributed by atoms with van der Waals surface area (Å²) in [5, 5.41) is 12.2. The molecule has 0 amide bonds. The van der Waals surface area contributed by atoms with Gasteiger partial charge in [-0.1, -0.05) is 13.8 Å². The van der Waals surface area contributed by atoms with E-state index in [1.165, 1.54) is 44.6 Å². The predicted molar refractivity (Wildman–Crippen MR) is 105 cm³/mol. The van der Waals surface area contributed by atoms with E-state index in [0.717, 1.165) is 30.7 Å². The van der Waals surface area contributed by atoms with Crippen LogP contribution in [0.4, 0.5) is 0 Å². The molecule has 0 spiro atoms. The van der Waals surface area contributed by atoms with Gasteiger partial charge in [0.15, 0.2) is 0 Å². The summed E-state index contributed by atoms with van der Waals surface area (Å²) in [6.07, 6.45) is 14.6. The van der Waals surface area contributed by atoms with E-state index in [1.54, 1.807) is 6.26 Å². The normalized spacial score (nSPS) is 49.1. The second-order valence-electron chi connectivity index (χ2n) is 10.4. The molecule has 4 saturated carbocycles. The molecule has 4 aliphatic carbocycles. The van der Waals surface area contributed by atoms with E-state index >= 15 is 0 Å². The SMILES string of the molecule is C[C@]12CC[CH]C[C@@H]1CC[C@@H]1[C@@H]2CC[C@]2(C)[C@@H](c3ccc(=O)oc3)CC[C@]12O. The maximum atomic E-state index is 12.2. The van der Waals surface area contributed by atoms with Crippen LogP contribution in [0.25, 0.3) is 0 Å². The molecule has 0 bridgehead atoms. The quantitative estimate of drug-likeness (QED) is 0.750. The predicted octanol–water partition coefficient (Wildman–Crippen LogP) is 5.09. The van der Waals surface area contributed by atoms with Crippen molar-refractivity contribution in [3.63, 3.8) is 0 Å². The summed E-state index contributed by atoms with van der Waals surface area (Å²) in [5.41, 5.74) is 0.524. The molecule has 1 heterocycles. The first kappa shape index (κ1) is 18.0. The van der Waals surface area contributed by atoms with Crippen molar-refractivity contribution < 1.29 is 9.52 Å². The van der Waals surface area contributed by atoms with Crippen LogP contribution in [0.5, 0.6) is 0 Å². The smallest absolute Gasteiger partial charge is 0.335 e. The fourth-order valence-electron chi connectivity index (χ4n) is 8.11. The number of aliphatic hydroxyl groups is 1. The van der Waals surface area contributed by atoms with Gasteiger partial charge in [-0.2, -0.15) is 0 Å². The number of rotatable bonds is 1. The van der Waals surface area contributed by atoms with Crippen molar-refractivity contribution in [1.29, 1.82) is 0 Å². The van der Waals surface area contributed by atoms with E-state index in [2.05, 4.69) is 20.3 Å². The first-order chi connectivity index (χ1) is 12.9. The largest absolute Gasteiger partial charge is 0.431 e. The van der Waals surface area contributed by atoms with Crippen LogP contribution < -0.4 is 5.63 Å². The molecule has 0 aromatic carbocycles. The van der Waals surface area contributed by atoms with E-state index in [1.807, 2.05) is 6.07 Å². The molecule has 0 saturated heterocycles. The van der Waals surface area contributed by atoms with Crippen molar-refractivity contribution in [2.75, 3.05) is 0 Å². The van der Waals surface area contributed by atoms with Crippen molar-refractivity contribution in [1.82, 2.24) is 0 Å². The molecule has 4 fully saturated rings. The molecule has 0 unspecified atom stereocenters. The fourth-order valence-corrected chi connectivity index (χ4v) is 8.11. The summed E-state index contributed by atoms with van der Waals surface area (Å²) in [6, 6.07) is 3.46. The third-order valence-electron chi connectivity index (χ3n) is 9.72. The van der Waals surface area contributed by atoms with Crippen molar-refractivity contribution in [3.8, 4) is 0 Å². The fraction of sp³-hybridized carbons (Fsp3) is 0.750. The molecule has 7 atom stereocenters. The number of fused-ring (bicyclic) bond motifs is 5. The van der Waals surface area contributed by atoms with Gasteiger partial charge in [0, 0.05) is 11.5 Å². The Kier molecular flexibility index (Phi) is 3.96. The molecular formula is C24H33O3. The molecule has 3 nitrogen and oxygen atoms in total. The van der Waals surface area contributed by atoms with Gasteiger partial charge in [-0.3, -0.25) is 0 Å². The zero-order valence-corrected chi connectivity index (χ0v) is 16.7. The lowest BCUT2D eigenvalue weighted by molar-refractivity contribution is -0.199. The van der Waals surface area contributed by atoms with Gasteiger partial charge in [0.05, 0.1) is 11.9 Å². The minimum absolute atomic E-state index is 0.113. The monoisotopic (exact) mass is 369 g/mol. The highest BCUT2D eigenvalue weighted by atomic mass is 16.4. The average molecular weight is 370 g/mol. The van der Waals surface area contributed by atoms with E-state index in [9.17, 15) is 9.90 Å². The molecule has 0 aliphatic heterocycles. The first-order valence-electron chi connectivity index (χ1n) is 11.0. The third kappa shape index (κ3) is 2.33. The molecular weight excluding hydrogens is 336 g/mol. The van der Waals surface area contributed by atoms with Crippen molar-refractivity contribution in [2.45, 2.75) is 83.2 Å². The Hall–Kier alpha value is -1.09. The Labute approximate surface area is 162 Å². The van der Waals surface area contributed by atoms with Crippen LogP contribution in [0.2, 0.25) is 0 Å². The van der Waals surface area contributed by atoms with E-state index in [-0.39, 0.29) is 17.0 Å².